The van der Waals surface area contributed by atoms with Gasteiger partial charge in [-0.2, -0.15) is 9.61 Å². The molecule has 84 valence electrons. The Kier molecular flexibility index (Phi) is 2.07. The lowest BCUT2D eigenvalue weighted by molar-refractivity contribution is 0.628. The standard InChI is InChI=1S/C11H8FN5/c1-7-14-15-11-13-6-10(16-17(7)11)8-3-2-4-9(12)5-8/h2-6H,1H3. The van der Waals surface area contributed by atoms with Crippen LogP contribution in [0.2, 0.25) is 0 Å². The molecule has 2 aromatic heterocycles. The third kappa shape index (κ3) is 1.63. The maximum absolute atomic E-state index is 13.1. The molecule has 0 saturated carbocycles. The largest absolute Gasteiger partial charge is 0.271 e. The van der Waals surface area contributed by atoms with E-state index in [1.165, 1.54) is 16.6 Å². The van der Waals surface area contributed by atoms with Crippen LogP contribution in [0.5, 0.6) is 0 Å². The van der Waals surface area contributed by atoms with Gasteiger partial charge in [-0.1, -0.05) is 12.1 Å². The van der Waals surface area contributed by atoms with Crippen molar-refractivity contribution < 1.29 is 4.39 Å². The van der Waals surface area contributed by atoms with E-state index in [9.17, 15) is 4.39 Å². The summed E-state index contributed by atoms with van der Waals surface area (Å²) in [7, 11) is 0. The van der Waals surface area contributed by atoms with E-state index in [4.69, 9.17) is 0 Å². The first-order valence-electron chi connectivity index (χ1n) is 5.05. The molecule has 2 heterocycles. The number of hydrogen-bond donors (Lipinski definition) is 0. The molecular weight excluding hydrogens is 221 g/mol. The monoisotopic (exact) mass is 229 g/mol. The number of rotatable bonds is 1. The Morgan fingerprint density at radius 2 is 2.12 bits per heavy atom. The Morgan fingerprint density at radius 3 is 2.94 bits per heavy atom. The zero-order valence-corrected chi connectivity index (χ0v) is 9.00. The van der Waals surface area contributed by atoms with Gasteiger partial charge < -0.3 is 0 Å². The molecule has 0 N–H and O–H groups in total. The van der Waals surface area contributed by atoms with Gasteiger partial charge in [-0.25, -0.2) is 9.37 Å². The third-order valence-electron chi connectivity index (χ3n) is 2.41. The van der Waals surface area contributed by atoms with E-state index in [1.54, 1.807) is 25.3 Å². The summed E-state index contributed by atoms with van der Waals surface area (Å²) in [6, 6.07) is 6.21. The molecule has 5 nitrogen and oxygen atoms in total. The summed E-state index contributed by atoms with van der Waals surface area (Å²) in [6.45, 7) is 1.78. The lowest BCUT2D eigenvalue weighted by Crippen LogP contribution is -1.99. The van der Waals surface area contributed by atoms with Crippen molar-refractivity contribution in [2.75, 3.05) is 0 Å². The fourth-order valence-electron chi connectivity index (χ4n) is 1.58. The summed E-state index contributed by atoms with van der Waals surface area (Å²) in [6.07, 6.45) is 1.55. The normalized spacial score (nSPS) is 10.9. The second kappa shape index (κ2) is 3.58. The van der Waals surface area contributed by atoms with Gasteiger partial charge in [-0.15, -0.1) is 10.2 Å². The van der Waals surface area contributed by atoms with E-state index in [2.05, 4.69) is 20.3 Å². The third-order valence-corrected chi connectivity index (χ3v) is 2.41. The van der Waals surface area contributed by atoms with Gasteiger partial charge >= 0.3 is 0 Å². The average Bonchev–Trinajstić information content (AvgIpc) is 2.71. The molecule has 0 fully saturated rings. The van der Waals surface area contributed by atoms with Crippen molar-refractivity contribution in [3.63, 3.8) is 0 Å². The van der Waals surface area contributed by atoms with E-state index in [0.717, 1.165) is 0 Å². The van der Waals surface area contributed by atoms with Crippen molar-refractivity contribution in [3.8, 4) is 11.3 Å². The van der Waals surface area contributed by atoms with Crippen molar-refractivity contribution in [3.05, 3.63) is 42.1 Å². The first-order chi connectivity index (χ1) is 8.24. The summed E-state index contributed by atoms with van der Waals surface area (Å²) in [5.74, 6) is 0.776. The Bertz CT molecular complexity index is 691. The van der Waals surface area contributed by atoms with Crippen molar-refractivity contribution in [1.82, 2.24) is 24.8 Å². The van der Waals surface area contributed by atoms with Gasteiger partial charge in [0.05, 0.1) is 6.20 Å². The van der Waals surface area contributed by atoms with Crippen LogP contribution in [0.1, 0.15) is 5.82 Å². The van der Waals surface area contributed by atoms with E-state index in [-0.39, 0.29) is 5.82 Å². The summed E-state index contributed by atoms with van der Waals surface area (Å²) < 4.78 is 14.6. The van der Waals surface area contributed by atoms with Crippen LogP contribution < -0.4 is 0 Å². The van der Waals surface area contributed by atoms with Gasteiger partial charge in [0.25, 0.3) is 5.78 Å². The molecule has 0 saturated heterocycles. The van der Waals surface area contributed by atoms with Crippen LogP contribution in [-0.2, 0) is 0 Å². The number of aromatic nitrogens is 5. The quantitative estimate of drug-likeness (QED) is 0.636. The molecule has 0 aliphatic carbocycles. The molecule has 3 aromatic rings. The zero-order valence-electron chi connectivity index (χ0n) is 9.00. The minimum absolute atomic E-state index is 0.301. The molecule has 6 heteroatoms. The molecule has 0 unspecified atom stereocenters. The second-order valence-electron chi connectivity index (χ2n) is 3.61. The Morgan fingerprint density at radius 1 is 1.24 bits per heavy atom. The van der Waals surface area contributed by atoms with Crippen molar-refractivity contribution in [1.29, 1.82) is 0 Å². The van der Waals surface area contributed by atoms with Crippen LogP contribution in [-0.4, -0.2) is 24.8 Å². The number of aryl methyl sites for hydroxylation is 1. The zero-order chi connectivity index (χ0) is 11.8. The van der Waals surface area contributed by atoms with Crippen LogP contribution in [0.15, 0.2) is 30.5 Å². The predicted octanol–water partition coefficient (Wildman–Crippen LogP) is 1.63. The fourth-order valence-corrected chi connectivity index (χ4v) is 1.58. The van der Waals surface area contributed by atoms with Crippen LogP contribution in [0.3, 0.4) is 0 Å². The molecule has 17 heavy (non-hydrogen) atoms. The number of benzene rings is 1. The summed E-state index contributed by atoms with van der Waals surface area (Å²) in [5, 5.41) is 12.0. The van der Waals surface area contributed by atoms with Crippen molar-refractivity contribution in [2.24, 2.45) is 0 Å². The highest BCUT2D eigenvalue weighted by Gasteiger charge is 2.06. The predicted molar refractivity (Wildman–Crippen MR) is 58.7 cm³/mol. The lowest BCUT2D eigenvalue weighted by Gasteiger charge is -2.01. The highest BCUT2D eigenvalue weighted by Crippen LogP contribution is 2.16. The number of hydrogen-bond acceptors (Lipinski definition) is 4. The number of halogens is 1. The van der Waals surface area contributed by atoms with Gasteiger partial charge in [0, 0.05) is 5.56 Å². The molecule has 1 aromatic carbocycles. The van der Waals surface area contributed by atoms with Crippen LogP contribution >= 0.6 is 0 Å². The molecule has 0 aliphatic rings. The summed E-state index contributed by atoms with van der Waals surface area (Å²) in [5.41, 5.74) is 1.26. The minimum atomic E-state index is -0.301. The Hall–Kier alpha value is -2.37. The maximum Gasteiger partial charge on any atom is 0.271 e. The molecule has 3 rings (SSSR count). The average molecular weight is 229 g/mol. The molecule has 0 bridgehead atoms. The molecule has 0 amide bonds. The van der Waals surface area contributed by atoms with E-state index in [1.807, 2.05) is 0 Å². The number of nitrogens with zero attached hydrogens (tertiary/aromatic N) is 5. The highest BCUT2D eigenvalue weighted by molar-refractivity contribution is 5.58. The lowest BCUT2D eigenvalue weighted by atomic mass is 10.2. The van der Waals surface area contributed by atoms with Crippen LogP contribution in [0, 0.1) is 12.7 Å². The first kappa shape index (κ1) is 9.83. The summed E-state index contributed by atoms with van der Waals surface area (Å²) >= 11 is 0. The fraction of sp³-hybridized carbons (Fsp3) is 0.0909. The Balaban J connectivity index is 2.20. The maximum atomic E-state index is 13.1. The van der Waals surface area contributed by atoms with Gasteiger partial charge in [-0.05, 0) is 19.1 Å². The molecule has 0 radical (unpaired) electrons. The second-order valence-corrected chi connectivity index (χ2v) is 3.61. The molecule has 0 aliphatic heterocycles. The Labute approximate surface area is 96.0 Å². The van der Waals surface area contributed by atoms with E-state index < -0.39 is 0 Å². The van der Waals surface area contributed by atoms with Gasteiger partial charge in [0.15, 0.2) is 5.82 Å². The van der Waals surface area contributed by atoms with Crippen molar-refractivity contribution >= 4 is 5.78 Å². The minimum Gasteiger partial charge on any atom is -0.216 e. The smallest absolute Gasteiger partial charge is 0.216 e. The molecular formula is C11H8FN5. The van der Waals surface area contributed by atoms with Gasteiger partial charge in [-0.3, -0.25) is 0 Å². The van der Waals surface area contributed by atoms with E-state index in [0.29, 0.717) is 22.9 Å². The molecule has 0 atom stereocenters. The SMILES string of the molecule is Cc1nnc2ncc(-c3cccc(F)c3)nn12. The van der Waals surface area contributed by atoms with Crippen LogP contribution in [0.4, 0.5) is 4.39 Å². The summed E-state index contributed by atoms with van der Waals surface area (Å²) in [4.78, 5) is 4.11. The molecule has 0 spiro atoms. The highest BCUT2D eigenvalue weighted by atomic mass is 19.1. The van der Waals surface area contributed by atoms with Gasteiger partial charge in [0.2, 0.25) is 0 Å². The van der Waals surface area contributed by atoms with Crippen molar-refractivity contribution in [2.45, 2.75) is 6.92 Å². The van der Waals surface area contributed by atoms with Gasteiger partial charge in [0.1, 0.15) is 11.5 Å². The topological polar surface area (TPSA) is 56.0 Å². The van der Waals surface area contributed by atoms with Crippen LogP contribution in [0.25, 0.3) is 17.0 Å². The van der Waals surface area contributed by atoms with E-state index >= 15 is 0 Å². The first-order valence-corrected chi connectivity index (χ1v) is 5.05. The number of fused-ring (bicyclic) bond motifs is 1.